The number of aliphatic carboxylic acids is 1. The Morgan fingerprint density at radius 2 is 1.66 bits per heavy atom. The van der Waals surface area contributed by atoms with Gasteiger partial charge in [-0.2, -0.15) is 4.98 Å². The summed E-state index contributed by atoms with van der Waals surface area (Å²) in [6.45, 7) is 0.724. The third-order valence-corrected chi connectivity index (χ3v) is 6.95. The zero-order valence-corrected chi connectivity index (χ0v) is 18.2. The quantitative estimate of drug-likeness (QED) is 0.520. The molecule has 6 heteroatoms. The van der Waals surface area contributed by atoms with Gasteiger partial charge in [-0.25, -0.2) is 0 Å². The maximum Gasteiger partial charge on any atom is 0.306 e. The summed E-state index contributed by atoms with van der Waals surface area (Å²) < 4.78 is 5.53. The summed E-state index contributed by atoms with van der Waals surface area (Å²) in [6, 6.07) is 17.0. The zero-order chi connectivity index (χ0) is 21.9. The summed E-state index contributed by atoms with van der Waals surface area (Å²) >= 11 is 0. The molecule has 3 aromatic rings. The van der Waals surface area contributed by atoms with Gasteiger partial charge in [-0.1, -0.05) is 60.8 Å². The second-order valence-electron chi connectivity index (χ2n) is 9.16. The molecule has 2 N–H and O–H groups in total. The molecular formula is C26H29N3O3. The molecule has 0 aliphatic heterocycles. The van der Waals surface area contributed by atoms with Crippen molar-refractivity contribution in [2.45, 2.75) is 63.5 Å². The van der Waals surface area contributed by atoms with Crippen LogP contribution in [0.15, 0.2) is 53.1 Å². The van der Waals surface area contributed by atoms with E-state index in [1.807, 2.05) is 24.3 Å². The van der Waals surface area contributed by atoms with Crippen LogP contribution in [-0.4, -0.2) is 27.3 Å². The molecule has 0 amide bonds. The number of carboxylic acids is 1. The predicted octanol–water partition coefficient (Wildman–Crippen LogP) is 5.40. The van der Waals surface area contributed by atoms with Crippen LogP contribution in [0.5, 0.6) is 0 Å². The molecule has 2 aromatic carbocycles. The minimum atomic E-state index is -0.688. The maximum absolute atomic E-state index is 10.9. The molecule has 166 valence electrons. The molecule has 2 aliphatic carbocycles. The topological polar surface area (TPSA) is 88.2 Å². The molecule has 0 saturated heterocycles. The van der Waals surface area contributed by atoms with Crippen molar-refractivity contribution >= 4 is 5.97 Å². The van der Waals surface area contributed by atoms with Crippen molar-refractivity contribution in [3.63, 3.8) is 0 Å². The van der Waals surface area contributed by atoms with Crippen LogP contribution in [0.25, 0.3) is 22.8 Å². The Bertz CT molecular complexity index is 1050. The third-order valence-electron chi connectivity index (χ3n) is 6.95. The number of carboxylic acid groups (broad SMARTS) is 1. The molecule has 0 unspecified atom stereocenters. The number of hydrogen-bond acceptors (Lipinski definition) is 5. The van der Waals surface area contributed by atoms with Gasteiger partial charge in [0.25, 0.3) is 5.89 Å². The van der Waals surface area contributed by atoms with Crippen LogP contribution in [0, 0.1) is 5.92 Å². The van der Waals surface area contributed by atoms with E-state index in [1.54, 1.807) is 0 Å². The fourth-order valence-corrected chi connectivity index (χ4v) is 4.81. The van der Waals surface area contributed by atoms with Crippen molar-refractivity contribution in [3.8, 4) is 22.8 Å². The fourth-order valence-electron chi connectivity index (χ4n) is 4.81. The molecule has 32 heavy (non-hydrogen) atoms. The average Bonchev–Trinajstić information content (AvgIpc) is 3.29. The predicted molar refractivity (Wildman–Crippen MR) is 122 cm³/mol. The van der Waals surface area contributed by atoms with E-state index in [0.29, 0.717) is 36.5 Å². The third kappa shape index (κ3) is 4.60. The number of hydrogen-bond donors (Lipinski definition) is 2. The molecule has 2 saturated carbocycles. The van der Waals surface area contributed by atoms with E-state index in [2.05, 4.69) is 39.7 Å². The van der Waals surface area contributed by atoms with E-state index in [9.17, 15) is 4.79 Å². The van der Waals surface area contributed by atoms with Crippen LogP contribution in [0.3, 0.4) is 0 Å². The highest BCUT2D eigenvalue weighted by molar-refractivity contribution is 5.71. The van der Waals surface area contributed by atoms with E-state index >= 15 is 0 Å². The number of nitrogens with one attached hydrogen (secondary N) is 1. The van der Waals surface area contributed by atoms with E-state index < -0.39 is 5.97 Å². The van der Waals surface area contributed by atoms with Gasteiger partial charge in [0.15, 0.2) is 0 Å². The van der Waals surface area contributed by atoms with Gasteiger partial charge in [0, 0.05) is 23.7 Å². The summed E-state index contributed by atoms with van der Waals surface area (Å²) in [6.07, 6.45) is 8.03. The van der Waals surface area contributed by atoms with Gasteiger partial charge < -0.3 is 14.9 Å². The first-order valence-corrected chi connectivity index (χ1v) is 11.7. The van der Waals surface area contributed by atoms with Gasteiger partial charge >= 0.3 is 5.97 Å². The standard InChI is InChI=1S/C26H29N3O3/c30-26(31)22-14-23(15-22)27-16-17-6-8-20(9-7-17)24-28-25(32-29-24)21-12-10-19(11-13-21)18-4-2-1-3-5-18/h6-13,18,22-23,27H,1-5,14-16H2,(H,30,31). The Morgan fingerprint density at radius 1 is 0.969 bits per heavy atom. The zero-order valence-electron chi connectivity index (χ0n) is 18.2. The Balaban J connectivity index is 1.18. The first kappa shape index (κ1) is 20.9. The van der Waals surface area contributed by atoms with Gasteiger partial charge in [-0.3, -0.25) is 4.79 Å². The highest BCUT2D eigenvalue weighted by Crippen LogP contribution is 2.33. The van der Waals surface area contributed by atoms with Crippen LogP contribution in [-0.2, 0) is 11.3 Å². The highest BCUT2D eigenvalue weighted by atomic mass is 16.5. The van der Waals surface area contributed by atoms with Crippen molar-refractivity contribution in [1.82, 2.24) is 15.5 Å². The molecule has 0 atom stereocenters. The summed E-state index contributed by atoms with van der Waals surface area (Å²) in [7, 11) is 0. The molecule has 1 heterocycles. The number of nitrogens with zero attached hydrogens (tertiary/aromatic N) is 2. The molecule has 2 aliphatic rings. The maximum atomic E-state index is 10.9. The summed E-state index contributed by atoms with van der Waals surface area (Å²) in [4.78, 5) is 15.5. The molecule has 0 bridgehead atoms. The average molecular weight is 432 g/mol. The lowest BCUT2D eigenvalue weighted by molar-refractivity contribution is -0.145. The summed E-state index contributed by atoms with van der Waals surface area (Å²) in [5.41, 5.74) is 4.42. The molecule has 1 aromatic heterocycles. The van der Waals surface area contributed by atoms with Crippen LogP contribution < -0.4 is 5.32 Å². The van der Waals surface area contributed by atoms with E-state index in [-0.39, 0.29) is 5.92 Å². The van der Waals surface area contributed by atoms with Crippen LogP contribution >= 0.6 is 0 Å². The van der Waals surface area contributed by atoms with E-state index in [4.69, 9.17) is 9.63 Å². The fraction of sp³-hybridized carbons (Fsp3) is 0.423. The lowest BCUT2D eigenvalue weighted by Crippen LogP contribution is -2.43. The molecule has 6 nitrogen and oxygen atoms in total. The first-order chi connectivity index (χ1) is 15.7. The second kappa shape index (κ2) is 9.25. The molecular weight excluding hydrogens is 402 g/mol. The number of benzene rings is 2. The Morgan fingerprint density at radius 3 is 2.34 bits per heavy atom. The Kier molecular flexibility index (Phi) is 6.04. The minimum Gasteiger partial charge on any atom is -0.481 e. The van der Waals surface area contributed by atoms with Crippen molar-refractivity contribution in [3.05, 3.63) is 59.7 Å². The smallest absolute Gasteiger partial charge is 0.306 e. The first-order valence-electron chi connectivity index (χ1n) is 11.7. The summed E-state index contributed by atoms with van der Waals surface area (Å²) in [5.74, 6) is 0.933. The van der Waals surface area contributed by atoms with Crippen molar-refractivity contribution < 1.29 is 14.4 Å². The Hall–Kier alpha value is -2.99. The number of carbonyl (C=O) groups is 1. The Labute approximate surface area is 188 Å². The minimum absolute atomic E-state index is 0.189. The highest BCUT2D eigenvalue weighted by Gasteiger charge is 2.33. The molecule has 5 rings (SSSR count). The number of aromatic nitrogens is 2. The van der Waals surface area contributed by atoms with Gasteiger partial charge in [0.2, 0.25) is 5.82 Å². The van der Waals surface area contributed by atoms with E-state index in [0.717, 1.165) is 23.2 Å². The van der Waals surface area contributed by atoms with Gasteiger partial charge in [0.1, 0.15) is 0 Å². The SMILES string of the molecule is O=C(O)C1CC(NCc2ccc(-c3noc(-c4ccc(C5CCCCC5)cc4)n3)cc2)C1. The lowest BCUT2D eigenvalue weighted by atomic mass is 9.80. The normalized spacial score (nSPS) is 21.2. The molecule has 0 spiro atoms. The molecule has 2 fully saturated rings. The van der Waals surface area contributed by atoms with Crippen LogP contribution in [0.4, 0.5) is 0 Å². The van der Waals surface area contributed by atoms with Crippen molar-refractivity contribution in [2.75, 3.05) is 0 Å². The largest absolute Gasteiger partial charge is 0.481 e. The van der Waals surface area contributed by atoms with E-state index in [1.165, 1.54) is 37.7 Å². The second-order valence-corrected chi connectivity index (χ2v) is 9.16. The lowest BCUT2D eigenvalue weighted by Gasteiger charge is -2.33. The molecule has 0 radical (unpaired) electrons. The van der Waals surface area contributed by atoms with Gasteiger partial charge in [0.05, 0.1) is 5.92 Å². The number of rotatable bonds is 7. The van der Waals surface area contributed by atoms with Crippen molar-refractivity contribution in [2.24, 2.45) is 5.92 Å². The summed E-state index contributed by atoms with van der Waals surface area (Å²) in [5, 5.41) is 16.6. The van der Waals surface area contributed by atoms with Gasteiger partial charge in [-0.05, 0) is 54.9 Å². The monoisotopic (exact) mass is 431 g/mol. The van der Waals surface area contributed by atoms with Crippen LogP contribution in [0.2, 0.25) is 0 Å². The van der Waals surface area contributed by atoms with Crippen LogP contribution in [0.1, 0.15) is 62.0 Å². The van der Waals surface area contributed by atoms with Crippen molar-refractivity contribution in [1.29, 1.82) is 0 Å². The van der Waals surface area contributed by atoms with Gasteiger partial charge in [-0.15, -0.1) is 0 Å².